The van der Waals surface area contributed by atoms with Gasteiger partial charge in [0.05, 0.1) is 0 Å². The smallest absolute Gasteiger partial charge is 0.246 e. The van der Waals surface area contributed by atoms with E-state index in [-0.39, 0.29) is 11.9 Å². The van der Waals surface area contributed by atoms with Crippen LogP contribution in [-0.2, 0) is 4.79 Å². The average molecular weight is 273 g/mol. The van der Waals surface area contributed by atoms with Gasteiger partial charge in [-0.25, -0.2) is 0 Å². The van der Waals surface area contributed by atoms with Gasteiger partial charge in [-0.05, 0) is 37.9 Å². The molecule has 0 aromatic heterocycles. The molecule has 0 saturated heterocycles. The lowest BCUT2D eigenvalue weighted by atomic mass is 10.1. The molecule has 108 valence electrons. The molecule has 2 N–H and O–H groups in total. The molecule has 1 unspecified atom stereocenters. The van der Waals surface area contributed by atoms with Crippen LogP contribution in [0.4, 0.5) is 11.4 Å². The second-order valence-electron chi connectivity index (χ2n) is 5.68. The summed E-state index contributed by atoms with van der Waals surface area (Å²) >= 11 is 0. The summed E-state index contributed by atoms with van der Waals surface area (Å²) in [5, 5.41) is 6.23. The Morgan fingerprint density at radius 2 is 2.15 bits per heavy atom. The van der Waals surface area contributed by atoms with E-state index in [1.165, 1.54) is 18.5 Å². The number of hydrogen-bond acceptors (Lipinski definition) is 3. The summed E-state index contributed by atoms with van der Waals surface area (Å²) in [6.07, 6.45) is 3.74. The number of likely N-dealkylation sites (N-methyl/N-ethyl adjacent to an activating group) is 1. The van der Waals surface area contributed by atoms with Crippen LogP contribution in [0.1, 0.15) is 44.7 Å². The normalized spacial score (nSPS) is 20.7. The zero-order chi connectivity index (χ0) is 14.1. The zero-order valence-electron chi connectivity index (χ0n) is 12.3. The number of carbonyl (C=O) groups is 1. The number of hydrogen-bond donors (Lipinski definition) is 2. The number of nitrogens with zero attached hydrogens (tertiary/aromatic N) is 1. The molecule has 4 heteroatoms. The fraction of sp³-hybridized carbons (Fsp3) is 0.562. The molecule has 1 saturated carbocycles. The second-order valence-corrected chi connectivity index (χ2v) is 5.68. The first-order valence-electron chi connectivity index (χ1n) is 7.69. The van der Waals surface area contributed by atoms with Crippen LogP contribution in [0.25, 0.3) is 0 Å². The average Bonchev–Trinajstić information content (AvgIpc) is 3.22. The van der Waals surface area contributed by atoms with Crippen LogP contribution < -0.4 is 15.5 Å². The van der Waals surface area contributed by atoms with Crippen LogP contribution >= 0.6 is 0 Å². The summed E-state index contributed by atoms with van der Waals surface area (Å²) < 4.78 is 0. The molecule has 1 fully saturated rings. The minimum absolute atomic E-state index is 0.0625. The van der Waals surface area contributed by atoms with Gasteiger partial charge in [0.1, 0.15) is 6.04 Å². The van der Waals surface area contributed by atoms with E-state index in [1.807, 2.05) is 6.92 Å². The van der Waals surface area contributed by atoms with Gasteiger partial charge >= 0.3 is 0 Å². The molecule has 2 aliphatic rings. The van der Waals surface area contributed by atoms with E-state index in [0.29, 0.717) is 6.04 Å². The molecule has 4 nitrogen and oxygen atoms in total. The first-order valence-corrected chi connectivity index (χ1v) is 7.69. The van der Waals surface area contributed by atoms with Gasteiger partial charge in [0.25, 0.3) is 0 Å². The van der Waals surface area contributed by atoms with Gasteiger partial charge in [-0.1, -0.05) is 19.9 Å². The third kappa shape index (κ3) is 2.40. The van der Waals surface area contributed by atoms with Crippen molar-refractivity contribution in [3.63, 3.8) is 0 Å². The third-order valence-corrected chi connectivity index (χ3v) is 4.06. The number of fused-ring (bicyclic) bond motifs is 1. The molecule has 1 aromatic carbocycles. The minimum atomic E-state index is -0.190. The molecule has 1 aliphatic heterocycles. The Balaban J connectivity index is 1.86. The summed E-state index contributed by atoms with van der Waals surface area (Å²) in [4.78, 5) is 14.5. The van der Waals surface area contributed by atoms with Crippen molar-refractivity contribution < 1.29 is 4.79 Å². The van der Waals surface area contributed by atoms with Crippen molar-refractivity contribution in [1.82, 2.24) is 5.32 Å². The van der Waals surface area contributed by atoms with Gasteiger partial charge in [-0.15, -0.1) is 0 Å². The summed E-state index contributed by atoms with van der Waals surface area (Å²) in [5.74, 6) is 0.0625. The van der Waals surface area contributed by atoms with Crippen LogP contribution in [0.15, 0.2) is 18.2 Å². The van der Waals surface area contributed by atoms with Crippen molar-refractivity contribution in [2.24, 2.45) is 0 Å². The fourth-order valence-corrected chi connectivity index (χ4v) is 2.99. The Bertz CT molecular complexity index is 510. The Hall–Kier alpha value is -1.55. The maximum atomic E-state index is 12.0. The van der Waals surface area contributed by atoms with Crippen molar-refractivity contribution in [1.29, 1.82) is 0 Å². The molecule has 1 atom stereocenters. The van der Waals surface area contributed by atoms with Crippen molar-refractivity contribution >= 4 is 17.3 Å². The lowest BCUT2D eigenvalue weighted by Gasteiger charge is -2.24. The number of benzene rings is 1. The Kier molecular flexibility index (Phi) is 3.66. The number of rotatable bonds is 6. The maximum Gasteiger partial charge on any atom is 0.246 e. The van der Waals surface area contributed by atoms with E-state index in [2.05, 4.69) is 40.7 Å². The number of carbonyl (C=O) groups excluding carboxylic acids is 1. The highest BCUT2D eigenvalue weighted by molar-refractivity contribution is 6.03. The summed E-state index contributed by atoms with van der Waals surface area (Å²) in [7, 11) is 0. The highest BCUT2D eigenvalue weighted by Crippen LogP contribution is 2.37. The third-order valence-electron chi connectivity index (χ3n) is 4.06. The monoisotopic (exact) mass is 273 g/mol. The van der Waals surface area contributed by atoms with Crippen molar-refractivity contribution in [2.75, 3.05) is 23.3 Å². The SMILES string of the molecule is CCCN(c1ccc2c(c1)NC(=O)C2NCC)C1CC1. The largest absolute Gasteiger partial charge is 0.368 e. The molecule has 20 heavy (non-hydrogen) atoms. The number of nitrogens with one attached hydrogen (secondary N) is 2. The van der Waals surface area contributed by atoms with Crippen molar-refractivity contribution in [3.8, 4) is 0 Å². The van der Waals surface area contributed by atoms with Crippen LogP contribution in [0, 0.1) is 0 Å². The van der Waals surface area contributed by atoms with Crippen LogP contribution in [0.3, 0.4) is 0 Å². The van der Waals surface area contributed by atoms with E-state index < -0.39 is 0 Å². The molecule has 0 radical (unpaired) electrons. The predicted molar refractivity (Wildman–Crippen MR) is 82.1 cm³/mol. The van der Waals surface area contributed by atoms with Crippen molar-refractivity contribution in [2.45, 2.75) is 45.2 Å². The van der Waals surface area contributed by atoms with E-state index in [0.717, 1.165) is 30.8 Å². The molecule has 1 aromatic rings. The standard InChI is InChI=1S/C16H23N3O/c1-3-9-19(11-5-6-11)12-7-8-13-14(10-12)18-16(20)15(13)17-4-2/h7-8,10-11,15,17H,3-6,9H2,1-2H3,(H,18,20). The van der Waals surface area contributed by atoms with Gasteiger partial charge < -0.3 is 15.5 Å². The highest BCUT2D eigenvalue weighted by atomic mass is 16.2. The van der Waals surface area contributed by atoms with Gasteiger partial charge in [0.2, 0.25) is 5.91 Å². The van der Waals surface area contributed by atoms with Gasteiger partial charge in [-0.3, -0.25) is 4.79 Å². The molecule has 1 amide bonds. The van der Waals surface area contributed by atoms with Gasteiger partial charge in [-0.2, -0.15) is 0 Å². The van der Waals surface area contributed by atoms with E-state index in [1.54, 1.807) is 0 Å². The first-order chi connectivity index (χ1) is 9.74. The van der Waals surface area contributed by atoms with E-state index in [9.17, 15) is 4.79 Å². The molecule has 1 heterocycles. The molecular weight excluding hydrogens is 250 g/mol. The quantitative estimate of drug-likeness (QED) is 0.837. The van der Waals surface area contributed by atoms with Crippen LogP contribution in [-0.4, -0.2) is 25.0 Å². The van der Waals surface area contributed by atoms with Crippen LogP contribution in [0.2, 0.25) is 0 Å². The lowest BCUT2D eigenvalue weighted by Crippen LogP contribution is -2.27. The Morgan fingerprint density at radius 3 is 2.80 bits per heavy atom. The van der Waals surface area contributed by atoms with Gasteiger partial charge in [0.15, 0.2) is 0 Å². The minimum Gasteiger partial charge on any atom is -0.368 e. The van der Waals surface area contributed by atoms with E-state index >= 15 is 0 Å². The van der Waals surface area contributed by atoms with E-state index in [4.69, 9.17) is 0 Å². The van der Waals surface area contributed by atoms with Gasteiger partial charge in [0, 0.05) is 29.5 Å². The summed E-state index contributed by atoms with van der Waals surface area (Å²) in [6.45, 7) is 6.12. The molecule has 0 spiro atoms. The summed E-state index contributed by atoms with van der Waals surface area (Å²) in [5.41, 5.74) is 3.29. The van der Waals surface area contributed by atoms with Crippen LogP contribution in [0.5, 0.6) is 0 Å². The lowest BCUT2D eigenvalue weighted by molar-refractivity contribution is -0.117. The van der Waals surface area contributed by atoms with Crippen molar-refractivity contribution in [3.05, 3.63) is 23.8 Å². The fourth-order valence-electron chi connectivity index (χ4n) is 2.99. The second kappa shape index (κ2) is 5.44. The molecule has 0 bridgehead atoms. The number of amides is 1. The number of anilines is 2. The molecule has 3 rings (SSSR count). The summed E-state index contributed by atoms with van der Waals surface area (Å²) in [6, 6.07) is 6.91. The molecular formula is C16H23N3O. The predicted octanol–water partition coefficient (Wildman–Crippen LogP) is 2.67. The Morgan fingerprint density at radius 1 is 1.35 bits per heavy atom. The zero-order valence-corrected chi connectivity index (χ0v) is 12.3. The first kappa shape index (κ1) is 13.4. The topological polar surface area (TPSA) is 44.4 Å². The highest BCUT2D eigenvalue weighted by Gasteiger charge is 2.32. The maximum absolute atomic E-state index is 12.0. The Labute approximate surface area is 120 Å². The molecule has 1 aliphatic carbocycles.